The number of carbonyl (C=O) groups excluding carboxylic acids is 2. The van der Waals surface area contributed by atoms with Gasteiger partial charge in [-0.25, -0.2) is 0 Å². The van der Waals surface area contributed by atoms with Gasteiger partial charge in [0.15, 0.2) is 0 Å². The first-order valence-electron chi connectivity index (χ1n) is 6.99. The molecule has 108 valence electrons. The molecule has 0 saturated carbocycles. The maximum atomic E-state index is 11.9. The number of hydrogen-bond acceptors (Lipinski definition) is 3. The number of rotatable bonds is 4. The third-order valence-electron chi connectivity index (χ3n) is 3.38. The average molecular weight is 275 g/mol. The number of carbonyl (C=O) groups is 2. The van der Waals surface area contributed by atoms with Crippen LogP contribution in [0.4, 0.5) is 11.4 Å². The van der Waals surface area contributed by atoms with Crippen molar-refractivity contribution in [2.45, 2.75) is 20.3 Å². The molecular formula is C15H21N3O2. The SMILES string of the molecule is CC(C)C(=O)Nc1ccc(NC(=O)C2CCNC2)cc1. The van der Waals surface area contributed by atoms with Crippen LogP contribution in [0.1, 0.15) is 20.3 Å². The Labute approximate surface area is 119 Å². The van der Waals surface area contributed by atoms with Crippen molar-refractivity contribution in [1.82, 2.24) is 5.32 Å². The second kappa shape index (κ2) is 6.52. The molecule has 1 fully saturated rings. The van der Waals surface area contributed by atoms with Crippen LogP contribution in [-0.4, -0.2) is 24.9 Å². The van der Waals surface area contributed by atoms with Gasteiger partial charge in [0.1, 0.15) is 0 Å². The standard InChI is InChI=1S/C15H21N3O2/c1-10(2)14(19)17-12-3-5-13(6-4-12)18-15(20)11-7-8-16-9-11/h3-6,10-11,16H,7-9H2,1-2H3,(H,17,19)(H,18,20). The van der Waals surface area contributed by atoms with Crippen molar-refractivity contribution in [2.75, 3.05) is 23.7 Å². The first-order valence-corrected chi connectivity index (χ1v) is 6.99. The zero-order valence-electron chi connectivity index (χ0n) is 11.9. The van der Waals surface area contributed by atoms with E-state index in [0.717, 1.165) is 30.9 Å². The van der Waals surface area contributed by atoms with Crippen LogP contribution in [0.15, 0.2) is 24.3 Å². The van der Waals surface area contributed by atoms with Gasteiger partial charge in [0, 0.05) is 23.8 Å². The van der Waals surface area contributed by atoms with Crippen LogP contribution in [-0.2, 0) is 9.59 Å². The lowest BCUT2D eigenvalue weighted by Gasteiger charge is -2.11. The summed E-state index contributed by atoms with van der Waals surface area (Å²) >= 11 is 0. The Morgan fingerprint density at radius 3 is 2.25 bits per heavy atom. The van der Waals surface area contributed by atoms with E-state index in [1.165, 1.54) is 0 Å². The highest BCUT2D eigenvalue weighted by atomic mass is 16.2. The smallest absolute Gasteiger partial charge is 0.228 e. The molecule has 1 saturated heterocycles. The van der Waals surface area contributed by atoms with Crippen molar-refractivity contribution >= 4 is 23.2 Å². The lowest BCUT2D eigenvalue weighted by Crippen LogP contribution is -2.24. The van der Waals surface area contributed by atoms with Crippen molar-refractivity contribution in [2.24, 2.45) is 11.8 Å². The third-order valence-corrected chi connectivity index (χ3v) is 3.38. The summed E-state index contributed by atoms with van der Waals surface area (Å²) in [6, 6.07) is 7.19. The Kier molecular flexibility index (Phi) is 4.74. The van der Waals surface area contributed by atoms with Gasteiger partial charge < -0.3 is 16.0 Å². The monoisotopic (exact) mass is 275 g/mol. The Morgan fingerprint density at radius 1 is 1.15 bits per heavy atom. The fourth-order valence-electron chi connectivity index (χ4n) is 2.05. The predicted octanol–water partition coefficient (Wildman–Crippen LogP) is 1.83. The van der Waals surface area contributed by atoms with Crippen molar-refractivity contribution in [3.05, 3.63) is 24.3 Å². The second-order valence-corrected chi connectivity index (χ2v) is 5.40. The lowest BCUT2D eigenvalue weighted by molar-refractivity contribution is -0.119. The molecule has 2 amide bonds. The molecule has 0 radical (unpaired) electrons. The van der Waals surface area contributed by atoms with Crippen molar-refractivity contribution in [3.63, 3.8) is 0 Å². The van der Waals surface area contributed by atoms with Gasteiger partial charge in [-0.2, -0.15) is 0 Å². The fourth-order valence-corrected chi connectivity index (χ4v) is 2.05. The zero-order chi connectivity index (χ0) is 14.5. The predicted molar refractivity (Wildman–Crippen MR) is 79.5 cm³/mol. The van der Waals surface area contributed by atoms with Crippen LogP contribution in [0, 0.1) is 11.8 Å². The maximum Gasteiger partial charge on any atom is 0.228 e. The molecule has 1 aliphatic rings. The fraction of sp³-hybridized carbons (Fsp3) is 0.467. The van der Waals surface area contributed by atoms with Gasteiger partial charge in [-0.1, -0.05) is 13.8 Å². The Hall–Kier alpha value is -1.88. The number of nitrogens with one attached hydrogen (secondary N) is 3. The van der Waals surface area contributed by atoms with E-state index in [4.69, 9.17) is 0 Å². The van der Waals surface area contributed by atoms with E-state index in [0.29, 0.717) is 0 Å². The van der Waals surface area contributed by atoms with Crippen LogP contribution in [0.25, 0.3) is 0 Å². The van der Waals surface area contributed by atoms with Crippen molar-refractivity contribution in [3.8, 4) is 0 Å². The summed E-state index contributed by atoms with van der Waals surface area (Å²) in [6.45, 7) is 5.34. The quantitative estimate of drug-likeness (QED) is 0.785. The van der Waals surface area contributed by atoms with Gasteiger partial charge in [0.05, 0.1) is 5.92 Å². The van der Waals surface area contributed by atoms with Crippen LogP contribution in [0.2, 0.25) is 0 Å². The molecule has 1 aromatic carbocycles. The lowest BCUT2D eigenvalue weighted by atomic mass is 10.1. The van der Waals surface area contributed by atoms with Crippen molar-refractivity contribution in [1.29, 1.82) is 0 Å². The minimum atomic E-state index is -0.0516. The topological polar surface area (TPSA) is 70.2 Å². The normalized spacial score (nSPS) is 18.1. The van der Waals surface area contributed by atoms with E-state index in [2.05, 4.69) is 16.0 Å². The molecule has 1 heterocycles. The molecular weight excluding hydrogens is 254 g/mol. The van der Waals surface area contributed by atoms with Gasteiger partial charge in [-0.15, -0.1) is 0 Å². The molecule has 2 rings (SSSR count). The maximum absolute atomic E-state index is 11.9. The van der Waals surface area contributed by atoms with E-state index < -0.39 is 0 Å². The minimum Gasteiger partial charge on any atom is -0.326 e. The van der Waals surface area contributed by atoms with Gasteiger partial charge in [0.25, 0.3) is 0 Å². The van der Waals surface area contributed by atoms with E-state index >= 15 is 0 Å². The van der Waals surface area contributed by atoms with E-state index in [-0.39, 0.29) is 23.7 Å². The minimum absolute atomic E-state index is 0.0150. The van der Waals surface area contributed by atoms with Crippen LogP contribution < -0.4 is 16.0 Å². The molecule has 20 heavy (non-hydrogen) atoms. The molecule has 1 atom stereocenters. The number of hydrogen-bond donors (Lipinski definition) is 3. The highest BCUT2D eigenvalue weighted by molar-refractivity contribution is 5.94. The van der Waals surface area contributed by atoms with Gasteiger partial charge in [0.2, 0.25) is 11.8 Å². The van der Waals surface area contributed by atoms with Crippen LogP contribution >= 0.6 is 0 Å². The van der Waals surface area contributed by atoms with E-state index in [1.807, 2.05) is 13.8 Å². The Balaban J connectivity index is 1.91. The molecule has 1 unspecified atom stereocenters. The molecule has 0 bridgehead atoms. The van der Waals surface area contributed by atoms with Gasteiger partial charge in [-0.3, -0.25) is 9.59 Å². The van der Waals surface area contributed by atoms with Gasteiger partial charge in [-0.05, 0) is 37.2 Å². The molecule has 1 aliphatic heterocycles. The molecule has 5 heteroatoms. The molecule has 0 spiro atoms. The van der Waals surface area contributed by atoms with Crippen LogP contribution in [0.5, 0.6) is 0 Å². The van der Waals surface area contributed by atoms with Crippen LogP contribution in [0.3, 0.4) is 0 Å². The summed E-state index contributed by atoms with van der Waals surface area (Å²) in [5.41, 5.74) is 1.49. The Morgan fingerprint density at radius 2 is 1.75 bits per heavy atom. The summed E-state index contributed by atoms with van der Waals surface area (Å²) in [7, 11) is 0. The summed E-state index contributed by atoms with van der Waals surface area (Å²) < 4.78 is 0. The van der Waals surface area contributed by atoms with E-state index in [9.17, 15) is 9.59 Å². The summed E-state index contributed by atoms with van der Waals surface area (Å²) in [4.78, 5) is 23.5. The van der Waals surface area contributed by atoms with E-state index in [1.54, 1.807) is 24.3 Å². The molecule has 3 N–H and O–H groups in total. The summed E-state index contributed by atoms with van der Waals surface area (Å²) in [6.07, 6.45) is 0.883. The second-order valence-electron chi connectivity index (χ2n) is 5.40. The first-order chi connectivity index (χ1) is 9.56. The molecule has 0 aromatic heterocycles. The van der Waals surface area contributed by atoms with Crippen molar-refractivity contribution < 1.29 is 9.59 Å². The number of anilines is 2. The summed E-state index contributed by atoms with van der Waals surface area (Å²) in [5, 5.41) is 8.88. The molecule has 1 aromatic rings. The molecule has 5 nitrogen and oxygen atoms in total. The highest BCUT2D eigenvalue weighted by Gasteiger charge is 2.22. The first kappa shape index (κ1) is 14.5. The largest absolute Gasteiger partial charge is 0.326 e. The average Bonchev–Trinajstić information content (AvgIpc) is 2.95. The highest BCUT2D eigenvalue weighted by Crippen LogP contribution is 2.16. The van der Waals surface area contributed by atoms with Gasteiger partial charge >= 0.3 is 0 Å². The summed E-state index contributed by atoms with van der Waals surface area (Å²) in [5.74, 6) is 0.0346. The number of amides is 2. The number of benzene rings is 1. The third kappa shape index (κ3) is 3.81. The Bertz CT molecular complexity index is 476. The zero-order valence-corrected chi connectivity index (χ0v) is 11.9. The molecule has 0 aliphatic carbocycles.